The molecule has 1 atom stereocenters. The summed E-state index contributed by atoms with van der Waals surface area (Å²) in [6, 6.07) is 10.8. The second-order valence-corrected chi connectivity index (χ2v) is 12.7. The van der Waals surface area contributed by atoms with Crippen LogP contribution in [0.3, 0.4) is 0 Å². The van der Waals surface area contributed by atoms with E-state index in [0.29, 0.717) is 9.90 Å². The van der Waals surface area contributed by atoms with E-state index in [-0.39, 0.29) is 49.5 Å². The highest BCUT2D eigenvalue weighted by atomic mass is 35.5. The van der Waals surface area contributed by atoms with Crippen molar-refractivity contribution >= 4 is 57.0 Å². The minimum absolute atomic E-state index is 0. The summed E-state index contributed by atoms with van der Waals surface area (Å²) in [5.74, 6) is -1.15. The molecule has 0 unspecified atom stereocenters. The summed E-state index contributed by atoms with van der Waals surface area (Å²) >= 11 is 7.30. The third kappa shape index (κ3) is 5.84. The van der Waals surface area contributed by atoms with Gasteiger partial charge in [-0.2, -0.15) is 0 Å². The minimum Gasteiger partial charge on any atom is -0.341 e. The van der Waals surface area contributed by atoms with Crippen LogP contribution in [0.25, 0.3) is 10.4 Å². The zero-order valence-electron chi connectivity index (χ0n) is 19.0. The van der Waals surface area contributed by atoms with Crippen LogP contribution < -0.4 is 10.8 Å². The summed E-state index contributed by atoms with van der Waals surface area (Å²) in [5, 5.41) is 13.1. The van der Waals surface area contributed by atoms with Crippen molar-refractivity contribution in [2.75, 3.05) is 31.9 Å². The Morgan fingerprint density at radius 3 is 2.49 bits per heavy atom. The number of sulfone groups is 1. The number of thiophene rings is 1. The van der Waals surface area contributed by atoms with Crippen molar-refractivity contribution in [1.82, 2.24) is 15.7 Å². The first-order chi connectivity index (χ1) is 16.3. The number of rotatable bonds is 5. The Balaban J connectivity index is 0.00000342. The third-order valence-electron chi connectivity index (χ3n) is 6.77. The van der Waals surface area contributed by atoms with Gasteiger partial charge in [-0.3, -0.25) is 14.8 Å². The van der Waals surface area contributed by atoms with Gasteiger partial charge in [0.25, 0.3) is 0 Å². The number of halogens is 2. The first-order valence-corrected chi connectivity index (χ1v) is 14.1. The molecule has 2 aliphatic heterocycles. The summed E-state index contributed by atoms with van der Waals surface area (Å²) in [7, 11) is -3.84. The molecule has 1 aromatic carbocycles. The van der Waals surface area contributed by atoms with Crippen LogP contribution in [-0.4, -0.2) is 62.3 Å². The van der Waals surface area contributed by atoms with E-state index in [1.165, 1.54) is 11.3 Å². The van der Waals surface area contributed by atoms with Crippen molar-refractivity contribution in [3.63, 3.8) is 0 Å². The van der Waals surface area contributed by atoms with Gasteiger partial charge in [-0.05, 0) is 62.2 Å². The van der Waals surface area contributed by atoms with E-state index in [1.807, 2.05) is 18.2 Å². The molecule has 0 aliphatic carbocycles. The number of hydroxylamine groups is 1. The number of nitrogens with zero attached hydrogens (tertiary/aromatic N) is 1. The predicted octanol–water partition coefficient (Wildman–Crippen LogP) is 3.23. The molecular formula is C23H29Cl2N3O5S2. The highest BCUT2D eigenvalue weighted by Crippen LogP contribution is 2.45. The fourth-order valence-corrected chi connectivity index (χ4v) is 8.50. The van der Waals surface area contributed by atoms with E-state index >= 15 is 0 Å². The SMILES string of the molecule is Cl.O=C(C[C@]1(c2ccc(-c3ccc(Cl)cc3)s2)CCN(C(=O)C2CCNCC2)CCS1(=O)=O)NO. The monoisotopic (exact) mass is 561 g/mol. The molecule has 8 nitrogen and oxygen atoms in total. The summed E-state index contributed by atoms with van der Waals surface area (Å²) in [5.41, 5.74) is 2.48. The van der Waals surface area contributed by atoms with E-state index < -0.39 is 26.9 Å². The zero-order chi connectivity index (χ0) is 24.3. The molecule has 2 fully saturated rings. The molecule has 0 radical (unpaired) electrons. The van der Waals surface area contributed by atoms with Crippen LogP contribution in [0.1, 0.15) is 30.6 Å². The second-order valence-electron chi connectivity index (χ2n) is 8.80. The molecule has 0 spiro atoms. The zero-order valence-corrected chi connectivity index (χ0v) is 22.2. The van der Waals surface area contributed by atoms with Gasteiger partial charge in [0.2, 0.25) is 11.8 Å². The fourth-order valence-electron chi connectivity index (χ4n) is 4.77. The molecule has 2 amide bonds. The number of benzene rings is 1. The van der Waals surface area contributed by atoms with Crippen LogP contribution in [0.2, 0.25) is 5.02 Å². The fraction of sp³-hybridized carbons (Fsp3) is 0.478. The van der Waals surface area contributed by atoms with Crippen LogP contribution in [0.4, 0.5) is 0 Å². The Kier molecular flexibility index (Phi) is 9.22. The Morgan fingerprint density at radius 1 is 1.14 bits per heavy atom. The highest BCUT2D eigenvalue weighted by Gasteiger charge is 2.50. The molecule has 192 valence electrons. The van der Waals surface area contributed by atoms with Gasteiger partial charge in [-0.25, -0.2) is 13.9 Å². The van der Waals surface area contributed by atoms with Crippen molar-refractivity contribution < 1.29 is 23.2 Å². The Bertz CT molecular complexity index is 1150. The van der Waals surface area contributed by atoms with Crippen LogP contribution in [0.15, 0.2) is 36.4 Å². The summed E-state index contributed by atoms with van der Waals surface area (Å²) < 4.78 is 25.9. The van der Waals surface area contributed by atoms with E-state index in [1.54, 1.807) is 28.6 Å². The topological polar surface area (TPSA) is 116 Å². The number of amides is 2. The Labute approximate surface area is 220 Å². The van der Waals surface area contributed by atoms with E-state index in [2.05, 4.69) is 5.32 Å². The highest BCUT2D eigenvalue weighted by molar-refractivity contribution is 7.92. The third-order valence-corrected chi connectivity index (χ3v) is 11.0. The van der Waals surface area contributed by atoms with Crippen molar-refractivity contribution in [2.45, 2.75) is 30.4 Å². The Morgan fingerprint density at radius 2 is 1.83 bits per heavy atom. The molecule has 3 N–H and O–H groups in total. The first-order valence-electron chi connectivity index (χ1n) is 11.3. The lowest BCUT2D eigenvalue weighted by Gasteiger charge is -2.31. The van der Waals surface area contributed by atoms with Gasteiger partial charge < -0.3 is 10.2 Å². The molecule has 4 rings (SSSR count). The van der Waals surface area contributed by atoms with Crippen molar-refractivity contribution in [3.8, 4) is 10.4 Å². The summed E-state index contributed by atoms with van der Waals surface area (Å²) in [4.78, 5) is 28.5. The maximum absolute atomic E-state index is 13.7. The van der Waals surface area contributed by atoms with Crippen LogP contribution in [0, 0.1) is 5.92 Å². The van der Waals surface area contributed by atoms with E-state index in [0.717, 1.165) is 36.4 Å². The number of carbonyl (C=O) groups excluding carboxylic acids is 2. The van der Waals surface area contributed by atoms with E-state index in [4.69, 9.17) is 11.6 Å². The molecule has 0 saturated carbocycles. The molecule has 2 aliphatic rings. The number of hydrogen-bond donors (Lipinski definition) is 3. The molecule has 12 heteroatoms. The number of hydrogen-bond acceptors (Lipinski definition) is 7. The van der Waals surface area contributed by atoms with Gasteiger partial charge in [0.05, 0.1) is 12.2 Å². The molecule has 35 heavy (non-hydrogen) atoms. The lowest BCUT2D eigenvalue weighted by molar-refractivity contribution is -0.136. The number of nitrogens with one attached hydrogen (secondary N) is 2. The van der Waals surface area contributed by atoms with Gasteiger partial charge in [0.1, 0.15) is 4.75 Å². The lowest BCUT2D eigenvalue weighted by atomic mass is 9.94. The van der Waals surface area contributed by atoms with Crippen LogP contribution in [-0.2, 0) is 24.2 Å². The number of carbonyl (C=O) groups is 2. The van der Waals surface area contributed by atoms with Gasteiger partial charge >= 0.3 is 0 Å². The molecule has 1 aromatic heterocycles. The number of piperidine rings is 1. The first kappa shape index (κ1) is 27.9. The molecule has 3 heterocycles. The maximum Gasteiger partial charge on any atom is 0.245 e. The van der Waals surface area contributed by atoms with Gasteiger partial charge in [0.15, 0.2) is 9.84 Å². The van der Waals surface area contributed by atoms with Gasteiger partial charge in [-0.15, -0.1) is 23.7 Å². The summed E-state index contributed by atoms with van der Waals surface area (Å²) in [6.07, 6.45) is 1.13. The molecule has 2 aromatic rings. The average Bonchev–Trinajstić information content (AvgIpc) is 3.29. The largest absolute Gasteiger partial charge is 0.341 e. The summed E-state index contributed by atoms with van der Waals surface area (Å²) in [6.45, 7) is 1.87. The van der Waals surface area contributed by atoms with Crippen molar-refractivity contribution in [2.24, 2.45) is 5.92 Å². The molecular weight excluding hydrogens is 533 g/mol. The van der Waals surface area contributed by atoms with Crippen molar-refractivity contribution in [1.29, 1.82) is 0 Å². The second kappa shape index (κ2) is 11.6. The van der Waals surface area contributed by atoms with E-state index in [9.17, 15) is 23.2 Å². The van der Waals surface area contributed by atoms with Gasteiger partial charge in [0, 0.05) is 33.8 Å². The molecule has 0 bridgehead atoms. The minimum atomic E-state index is -3.84. The average molecular weight is 563 g/mol. The standard InChI is InChI=1S/C23H28ClN3O5S2.ClH/c24-18-3-1-16(2-4-18)19-5-6-20(33-19)23(15-21(28)26-30)9-12-27(13-14-34(23,31)32)22(29)17-7-10-25-11-8-17;/h1-6,17,25,30H,7-15H2,(H,26,28);1H/t23-;/m0./s1. The quantitative estimate of drug-likeness (QED) is 0.381. The van der Waals surface area contributed by atoms with Crippen LogP contribution in [0.5, 0.6) is 0 Å². The molecule has 2 saturated heterocycles. The predicted molar refractivity (Wildman–Crippen MR) is 139 cm³/mol. The van der Waals surface area contributed by atoms with Crippen molar-refractivity contribution in [3.05, 3.63) is 46.3 Å². The van der Waals surface area contributed by atoms with Gasteiger partial charge in [-0.1, -0.05) is 23.7 Å². The Hall–Kier alpha value is -1.69. The maximum atomic E-state index is 13.7. The lowest BCUT2D eigenvalue weighted by Crippen LogP contribution is -2.42. The van der Waals surface area contributed by atoms with Crippen LogP contribution >= 0.6 is 35.3 Å². The smallest absolute Gasteiger partial charge is 0.245 e. The normalized spacial score (nSPS) is 22.6.